The Hall–Kier alpha value is -2.31. The fourth-order valence-electron chi connectivity index (χ4n) is 1.69. The van der Waals surface area contributed by atoms with Gasteiger partial charge in [0, 0.05) is 12.4 Å². The number of nitrogens with two attached hydrogens (primary N) is 1. The first kappa shape index (κ1) is 13.1. The molecule has 0 aliphatic heterocycles. The molecule has 0 bridgehead atoms. The topological polar surface area (TPSA) is 69.1 Å². The van der Waals surface area contributed by atoms with Crippen molar-refractivity contribution >= 4 is 5.91 Å². The summed E-state index contributed by atoms with van der Waals surface area (Å²) in [5.74, 6) is -3.22. The molecule has 0 aliphatic rings. The van der Waals surface area contributed by atoms with Crippen molar-refractivity contribution in [2.45, 2.75) is 12.1 Å². The minimum atomic E-state index is -4.56. The number of rotatable bonds is 3. The number of carbonyl (C=O) groups excluding carboxylic acids is 1. The Morgan fingerprint density at radius 1 is 1.42 bits per heavy atom. The maximum absolute atomic E-state index is 13.1. The average Bonchev–Trinajstić information content (AvgIpc) is 2.78. The lowest BCUT2D eigenvalue weighted by Gasteiger charge is -2.17. The predicted octanol–water partition coefficient (Wildman–Crippen LogP) is 2.47. The van der Waals surface area contributed by atoms with E-state index in [1.807, 2.05) is 0 Å². The van der Waals surface area contributed by atoms with Crippen LogP contribution in [0.1, 0.15) is 27.6 Å². The largest absolute Gasteiger partial charge is 0.467 e. The summed E-state index contributed by atoms with van der Waals surface area (Å²) >= 11 is 0. The molecule has 19 heavy (non-hydrogen) atoms. The first-order chi connectivity index (χ1) is 8.89. The Labute approximate surface area is 106 Å². The summed E-state index contributed by atoms with van der Waals surface area (Å²) in [7, 11) is 0. The normalized spacial score (nSPS) is 13.2. The minimum absolute atomic E-state index is 0.0691. The molecule has 100 valence electrons. The van der Waals surface area contributed by atoms with Crippen LogP contribution in [0.25, 0.3) is 0 Å². The van der Waals surface area contributed by atoms with Crippen molar-refractivity contribution < 1.29 is 22.4 Å². The fourth-order valence-corrected chi connectivity index (χ4v) is 1.69. The van der Waals surface area contributed by atoms with E-state index in [4.69, 9.17) is 10.2 Å². The highest BCUT2D eigenvalue weighted by Gasteiger charge is 2.44. The quantitative estimate of drug-likeness (QED) is 0.931. The number of hydrogen-bond acceptors (Lipinski definition) is 3. The number of aromatic nitrogens is 1. The van der Waals surface area contributed by atoms with Crippen LogP contribution >= 0.6 is 0 Å². The molecule has 1 amide bonds. The standard InChI is InChI=1S/C12H9F3N2O2/c13-12(14,15)10(7-2-1-3-17-5-7)9-4-8(6-19-9)11(16)18/h1-6,10H,(H2,16,18). The molecular formula is C12H9F3N2O2. The summed E-state index contributed by atoms with van der Waals surface area (Å²) in [5.41, 5.74) is 4.81. The Morgan fingerprint density at radius 3 is 2.63 bits per heavy atom. The molecule has 0 spiro atoms. The van der Waals surface area contributed by atoms with Crippen molar-refractivity contribution in [1.29, 1.82) is 0 Å². The first-order valence-corrected chi connectivity index (χ1v) is 5.24. The number of halogens is 3. The van der Waals surface area contributed by atoms with Gasteiger partial charge in [0.05, 0.1) is 5.56 Å². The van der Waals surface area contributed by atoms with Gasteiger partial charge in [-0.25, -0.2) is 0 Å². The van der Waals surface area contributed by atoms with Crippen LogP contribution < -0.4 is 5.73 Å². The van der Waals surface area contributed by atoms with Gasteiger partial charge in [-0.05, 0) is 17.7 Å². The van der Waals surface area contributed by atoms with Crippen LogP contribution in [0.4, 0.5) is 13.2 Å². The van der Waals surface area contributed by atoms with E-state index < -0.39 is 23.8 Å². The van der Waals surface area contributed by atoms with Gasteiger partial charge in [0.1, 0.15) is 17.9 Å². The van der Waals surface area contributed by atoms with Gasteiger partial charge in [-0.15, -0.1) is 0 Å². The molecule has 1 atom stereocenters. The molecule has 0 fully saturated rings. The highest BCUT2D eigenvalue weighted by Crippen LogP contribution is 2.40. The van der Waals surface area contributed by atoms with E-state index >= 15 is 0 Å². The van der Waals surface area contributed by atoms with Crippen LogP contribution in [0, 0.1) is 0 Å². The Morgan fingerprint density at radius 2 is 2.16 bits per heavy atom. The Bertz CT molecular complexity index is 578. The zero-order chi connectivity index (χ0) is 14.0. The summed E-state index contributed by atoms with van der Waals surface area (Å²) < 4.78 is 44.1. The van der Waals surface area contributed by atoms with Crippen LogP contribution in [0.15, 0.2) is 41.3 Å². The smallest absolute Gasteiger partial charge is 0.402 e. The number of carbonyl (C=O) groups is 1. The lowest BCUT2D eigenvalue weighted by Crippen LogP contribution is -2.21. The number of primary amides is 1. The third kappa shape index (κ3) is 2.75. The van der Waals surface area contributed by atoms with Crippen molar-refractivity contribution in [3.8, 4) is 0 Å². The molecule has 2 heterocycles. The molecule has 1 unspecified atom stereocenters. The maximum atomic E-state index is 13.1. The van der Waals surface area contributed by atoms with E-state index in [9.17, 15) is 18.0 Å². The van der Waals surface area contributed by atoms with Gasteiger partial charge >= 0.3 is 6.18 Å². The first-order valence-electron chi connectivity index (χ1n) is 5.24. The van der Waals surface area contributed by atoms with Crippen LogP contribution in [0.2, 0.25) is 0 Å². The molecule has 4 nitrogen and oxygen atoms in total. The van der Waals surface area contributed by atoms with E-state index in [1.165, 1.54) is 18.3 Å². The van der Waals surface area contributed by atoms with Crippen molar-refractivity contribution in [2.24, 2.45) is 5.73 Å². The third-order valence-corrected chi connectivity index (χ3v) is 2.53. The second-order valence-electron chi connectivity index (χ2n) is 3.86. The molecule has 2 aromatic rings. The van der Waals surface area contributed by atoms with Crippen molar-refractivity contribution in [3.05, 3.63) is 53.7 Å². The summed E-state index contributed by atoms with van der Waals surface area (Å²) in [6, 6.07) is 3.68. The number of nitrogens with zero attached hydrogens (tertiary/aromatic N) is 1. The van der Waals surface area contributed by atoms with Crippen molar-refractivity contribution in [1.82, 2.24) is 4.98 Å². The number of pyridine rings is 1. The molecule has 2 aromatic heterocycles. The van der Waals surface area contributed by atoms with Crippen LogP contribution in [0.5, 0.6) is 0 Å². The van der Waals surface area contributed by atoms with E-state index in [-0.39, 0.29) is 11.1 Å². The SMILES string of the molecule is NC(=O)c1coc(C(c2cccnc2)C(F)(F)F)c1. The molecular weight excluding hydrogens is 261 g/mol. The molecule has 0 radical (unpaired) electrons. The van der Waals surface area contributed by atoms with E-state index in [1.54, 1.807) is 0 Å². The Balaban J connectivity index is 2.47. The van der Waals surface area contributed by atoms with E-state index in [0.29, 0.717) is 0 Å². The van der Waals surface area contributed by atoms with Gasteiger partial charge in [-0.2, -0.15) is 13.2 Å². The number of amides is 1. The maximum Gasteiger partial charge on any atom is 0.402 e. The molecule has 0 saturated carbocycles. The monoisotopic (exact) mass is 270 g/mol. The summed E-state index contributed by atoms with van der Waals surface area (Å²) in [4.78, 5) is 14.5. The fraction of sp³-hybridized carbons (Fsp3) is 0.167. The highest BCUT2D eigenvalue weighted by molar-refractivity contribution is 5.92. The third-order valence-electron chi connectivity index (χ3n) is 2.53. The van der Waals surface area contributed by atoms with E-state index in [0.717, 1.165) is 18.5 Å². The van der Waals surface area contributed by atoms with Crippen LogP contribution in [0.3, 0.4) is 0 Å². The highest BCUT2D eigenvalue weighted by atomic mass is 19.4. The predicted molar refractivity (Wildman–Crippen MR) is 59.4 cm³/mol. The van der Waals surface area contributed by atoms with Crippen molar-refractivity contribution in [3.63, 3.8) is 0 Å². The summed E-state index contributed by atoms with van der Waals surface area (Å²) in [5, 5.41) is 0. The number of hydrogen-bond donors (Lipinski definition) is 1. The van der Waals surface area contributed by atoms with Gasteiger partial charge in [0.2, 0.25) is 0 Å². The van der Waals surface area contributed by atoms with Gasteiger partial charge in [-0.3, -0.25) is 9.78 Å². The second-order valence-corrected chi connectivity index (χ2v) is 3.86. The zero-order valence-corrected chi connectivity index (χ0v) is 9.52. The van der Waals surface area contributed by atoms with Crippen LogP contribution in [-0.2, 0) is 0 Å². The van der Waals surface area contributed by atoms with Gasteiger partial charge in [0.25, 0.3) is 5.91 Å². The van der Waals surface area contributed by atoms with Gasteiger partial charge < -0.3 is 10.2 Å². The molecule has 0 aromatic carbocycles. The molecule has 0 aliphatic carbocycles. The molecule has 2 rings (SSSR count). The van der Waals surface area contributed by atoms with Gasteiger partial charge in [0.15, 0.2) is 0 Å². The second kappa shape index (κ2) is 4.75. The molecule has 7 heteroatoms. The van der Waals surface area contributed by atoms with Crippen LogP contribution in [-0.4, -0.2) is 17.1 Å². The minimum Gasteiger partial charge on any atom is -0.467 e. The Kier molecular flexibility index (Phi) is 3.28. The van der Waals surface area contributed by atoms with Crippen molar-refractivity contribution in [2.75, 3.05) is 0 Å². The number of alkyl halides is 3. The lowest BCUT2D eigenvalue weighted by molar-refractivity contribution is -0.144. The number of furan rings is 1. The summed E-state index contributed by atoms with van der Waals surface area (Å²) in [6.07, 6.45) is -1.18. The summed E-state index contributed by atoms with van der Waals surface area (Å²) in [6.45, 7) is 0. The van der Waals surface area contributed by atoms with E-state index in [2.05, 4.69) is 4.98 Å². The van der Waals surface area contributed by atoms with Gasteiger partial charge in [-0.1, -0.05) is 6.07 Å². The lowest BCUT2D eigenvalue weighted by atomic mass is 9.97. The zero-order valence-electron chi connectivity index (χ0n) is 9.52. The molecule has 0 saturated heterocycles. The molecule has 2 N–H and O–H groups in total. The average molecular weight is 270 g/mol.